The minimum atomic E-state index is -0.0763. The number of amides is 1. The van der Waals surface area contributed by atoms with E-state index in [1.54, 1.807) is 0 Å². The Morgan fingerprint density at radius 3 is 2.55 bits per heavy atom. The summed E-state index contributed by atoms with van der Waals surface area (Å²) in [5.41, 5.74) is 2.03. The van der Waals surface area contributed by atoms with Crippen molar-refractivity contribution in [3.63, 3.8) is 0 Å². The van der Waals surface area contributed by atoms with Gasteiger partial charge in [-0.05, 0) is 31.5 Å². The van der Waals surface area contributed by atoms with Gasteiger partial charge in [-0.1, -0.05) is 12.1 Å². The molecule has 0 saturated carbocycles. The minimum absolute atomic E-state index is 0. The van der Waals surface area contributed by atoms with Crippen molar-refractivity contribution < 1.29 is 4.79 Å². The normalized spacial score (nSPS) is 16.5. The van der Waals surface area contributed by atoms with Gasteiger partial charge in [0.15, 0.2) is 0 Å². The van der Waals surface area contributed by atoms with Crippen molar-refractivity contribution in [3.05, 3.63) is 29.8 Å². The van der Waals surface area contributed by atoms with Gasteiger partial charge < -0.3 is 10.6 Å². The first-order chi connectivity index (χ1) is 8.66. The average molecular weight is 320 g/mol. The van der Waals surface area contributed by atoms with E-state index in [2.05, 4.69) is 15.5 Å². The largest absolute Gasteiger partial charge is 0.325 e. The number of hydrogen-bond acceptors (Lipinski definition) is 3. The molecular formula is C14H23Cl2N3O. The standard InChI is InChI=1S/C14H21N3O.2ClH/c1-11-4-3-5-13(10-11)16-14(18)12(2)17-8-6-15-7-9-17;;/h3-5,10,12,15H,6-9H2,1-2H3,(H,16,18);2*1H. The Hall–Kier alpha value is -0.810. The fourth-order valence-corrected chi connectivity index (χ4v) is 2.20. The van der Waals surface area contributed by atoms with Crippen molar-refractivity contribution in [2.75, 3.05) is 31.5 Å². The average Bonchev–Trinajstić information content (AvgIpc) is 2.39. The molecule has 1 atom stereocenters. The Kier molecular flexibility index (Phi) is 8.81. The zero-order valence-corrected chi connectivity index (χ0v) is 13.5. The first-order valence-electron chi connectivity index (χ1n) is 6.49. The highest BCUT2D eigenvalue weighted by Crippen LogP contribution is 2.11. The molecule has 1 amide bonds. The summed E-state index contributed by atoms with van der Waals surface area (Å²) in [6.45, 7) is 7.78. The van der Waals surface area contributed by atoms with E-state index in [9.17, 15) is 4.79 Å². The van der Waals surface area contributed by atoms with Crippen LogP contribution in [-0.4, -0.2) is 43.0 Å². The summed E-state index contributed by atoms with van der Waals surface area (Å²) in [4.78, 5) is 14.4. The van der Waals surface area contributed by atoms with E-state index >= 15 is 0 Å². The molecule has 1 fully saturated rings. The number of nitrogens with zero attached hydrogens (tertiary/aromatic N) is 1. The molecule has 1 unspecified atom stereocenters. The van der Waals surface area contributed by atoms with Crippen molar-refractivity contribution in [2.45, 2.75) is 19.9 Å². The third-order valence-corrected chi connectivity index (χ3v) is 3.36. The van der Waals surface area contributed by atoms with Gasteiger partial charge in [0, 0.05) is 31.9 Å². The van der Waals surface area contributed by atoms with Gasteiger partial charge in [0.25, 0.3) is 0 Å². The summed E-state index contributed by atoms with van der Waals surface area (Å²) < 4.78 is 0. The van der Waals surface area contributed by atoms with E-state index in [0.717, 1.165) is 37.4 Å². The topological polar surface area (TPSA) is 44.4 Å². The number of nitrogens with one attached hydrogen (secondary N) is 2. The van der Waals surface area contributed by atoms with Crippen molar-refractivity contribution in [3.8, 4) is 0 Å². The van der Waals surface area contributed by atoms with Gasteiger partial charge in [0.1, 0.15) is 0 Å². The lowest BCUT2D eigenvalue weighted by molar-refractivity contribution is -0.120. The first kappa shape index (κ1) is 19.2. The third kappa shape index (κ3) is 5.29. The van der Waals surface area contributed by atoms with Crippen LogP contribution in [0.15, 0.2) is 24.3 Å². The van der Waals surface area contributed by atoms with Gasteiger partial charge in [-0.25, -0.2) is 0 Å². The predicted octanol–water partition coefficient (Wildman–Crippen LogP) is 2.07. The van der Waals surface area contributed by atoms with E-state index in [1.807, 2.05) is 38.1 Å². The Bertz CT molecular complexity index is 423. The molecule has 0 aromatic heterocycles. The highest BCUT2D eigenvalue weighted by Gasteiger charge is 2.22. The number of halogens is 2. The van der Waals surface area contributed by atoms with E-state index in [4.69, 9.17) is 0 Å². The van der Waals surface area contributed by atoms with Crippen LogP contribution < -0.4 is 10.6 Å². The zero-order chi connectivity index (χ0) is 13.0. The quantitative estimate of drug-likeness (QED) is 0.896. The number of hydrogen-bond donors (Lipinski definition) is 2. The molecule has 2 N–H and O–H groups in total. The second-order valence-electron chi connectivity index (χ2n) is 4.82. The summed E-state index contributed by atoms with van der Waals surface area (Å²) in [5, 5.41) is 6.27. The predicted molar refractivity (Wildman–Crippen MR) is 88.2 cm³/mol. The van der Waals surface area contributed by atoms with Crippen LogP contribution in [0.25, 0.3) is 0 Å². The maximum absolute atomic E-state index is 12.1. The second-order valence-corrected chi connectivity index (χ2v) is 4.82. The molecule has 0 aliphatic carbocycles. The molecule has 4 nitrogen and oxygen atoms in total. The molecular weight excluding hydrogens is 297 g/mol. The molecule has 1 aromatic carbocycles. The second kappa shape index (κ2) is 9.19. The lowest BCUT2D eigenvalue weighted by atomic mass is 10.2. The lowest BCUT2D eigenvalue weighted by Crippen LogP contribution is -2.51. The molecule has 2 rings (SSSR count). The SMILES string of the molecule is Cc1cccc(NC(=O)C(C)N2CCNCC2)c1.Cl.Cl. The molecule has 0 spiro atoms. The van der Waals surface area contributed by atoms with E-state index in [-0.39, 0.29) is 36.8 Å². The summed E-state index contributed by atoms with van der Waals surface area (Å²) in [7, 11) is 0. The Morgan fingerprint density at radius 2 is 1.95 bits per heavy atom. The number of piperazine rings is 1. The van der Waals surface area contributed by atoms with Crippen LogP contribution in [0.1, 0.15) is 12.5 Å². The fraction of sp³-hybridized carbons (Fsp3) is 0.500. The van der Waals surface area contributed by atoms with E-state index in [0.29, 0.717) is 0 Å². The number of carbonyl (C=O) groups is 1. The highest BCUT2D eigenvalue weighted by molar-refractivity contribution is 5.94. The van der Waals surface area contributed by atoms with Crippen LogP contribution in [0, 0.1) is 6.92 Å². The van der Waals surface area contributed by atoms with Crippen molar-refractivity contribution in [2.24, 2.45) is 0 Å². The maximum Gasteiger partial charge on any atom is 0.241 e. The van der Waals surface area contributed by atoms with Crippen molar-refractivity contribution in [1.29, 1.82) is 0 Å². The molecule has 114 valence electrons. The monoisotopic (exact) mass is 319 g/mol. The molecule has 1 aliphatic heterocycles. The van der Waals surface area contributed by atoms with Gasteiger partial charge in [0.2, 0.25) is 5.91 Å². The van der Waals surface area contributed by atoms with Gasteiger partial charge >= 0.3 is 0 Å². The van der Waals surface area contributed by atoms with Gasteiger partial charge in [-0.15, -0.1) is 24.8 Å². The molecule has 1 heterocycles. The number of benzene rings is 1. The molecule has 20 heavy (non-hydrogen) atoms. The van der Waals surface area contributed by atoms with Gasteiger partial charge in [-0.3, -0.25) is 9.69 Å². The number of aryl methyl sites for hydroxylation is 1. The summed E-state index contributed by atoms with van der Waals surface area (Å²) in [6, 6.07) is 7.82. The Morgan fingerprint density at radius 1 is 1.30 bits per heavy atom. The highest BCUT2D eigenvalue weighted by atomic mass is 35.5. The molecule has 1 saturated heterocycles. The zero-order valence-electron chi connectivity index (χ0n) is 11.9. The van der Waals surface area contributed by atoms with Crippen molar-refractivity contribution >= 4 is 36.4 Å². The molecule has 6 heteroatoms. The number of carbonyl (C=O) groups excluding carboxylic acids is 1. The molecule has 0 bridgehead atoms. The van der Waals surface area contributed by atoms with Gasteiger partial charge in [0.05, 0.1) is 6.04 Å². The first-order valence-corrected chi connectivity index (χ1v) is 6.49. The Labute approximate surface area is 133 Å². The molecule has 1 aromatic rings. The van der Waals surface area contributed by atoms with E-state index < -0.39 is 0 Å². The van der Waals surface area contributed by atoms with Gasteiger partial charge in [-0.2, -0.15) is 0 Å². The number of anilines is 1. The summed E-state index contributed by atoms with van der Waals surface area (Å²) in [6.07, 6.45) is 0. The van der Waals surface area contributed by atoms with Crippen molar-refractivity contribution in [1.82, 2.24) is 10.2 Å². The Balaban J connectivity index is 0.00000180. The smallest absolute Gasteiger partial charge is 0.241 e. The third-order valence-electron chi connectivity index (χ3n) is 3.36. The fourth-order valence-electron chi connectivity index (χ4n) is 2.20. The molecule has 1 aliphatic rings. The maximum atomic E-state index is 12.1. The van der Waals surface area contributed by atoms with Crippen LogP contribution in [0.5, 0.6) is 0 Å². The lowest BCUT2D eigenvalue weighted by Gasteiger charge is -2.31. The summed E-state index contributed by atoms with van der Waals surface area (Å²) in [5.74, 6) is 0.0718. The van der Waals surface area contributed by atoms with Crippen LogP contribution in [0.3, 0.4) is 0 Å². The van der Waals surface area contributed by atoms with Crippen LogP contribution in [0.4, 0.5) is 5.69 Å². The van der Waals surface area contributed by atoms with Crippen LogP contribution in [0.2, 0.25) is 0 Å². The molecule has 0 radical (unpaired) electrons. The minimum Gasteiger partial charge on any atom is -0.325 e. The van der Waals surface area contributed by atoms with E-state index in [1.165, 1.54) is 0 Å². The number of rotatable bonds is 3. The van der Waals surface area contributed by atoms with Crippen LogP contribution in [-0.2, 0) is 4.79 Å². The van der Waals surface area contributed by atoms with Crippen LogP contribution >= 0.6 is 24.8 Å². The summed E-state index contributed by atoms with van der Waals surface area (Å²) >= 11 is 0.